The van der Waals surface area contributed by atoms with Crippen molar-refractivity contribution in [1.82, 2.24) is 4.90 Å². The molecule has 3 rings (SSSR count). The molecule has 1 saturated heterocycles. The molecule has 2 fully saturated rings. The lowest BCUT2D eigenvalue weighted by molar-refractivity contribution is -0.148. The lowest BCUT2D eigenvalue weighted by Crippen LogP contribution is -2.41. The van der Waals surface area contributed by atoms with Gasteiger partial charge in [0.25, 0.3) is 0 Å². The van der Waals surface area contributed by atoms with Gasteiger partial charge in [0.15, 0.2) is 0 Å². The van der Waals surface area contributed by atoms with Crippen molar-refractivity contribution in [3.63, 3.8) is 0 Å². The van der Waals surface area contributed by atoms with Crippen molar-refractivity contribution in [1.29, 1.82) is 0 Å². The third kappa shape index (κ3) is 2.50. The van der Waals surface area contributed by atoms with Crippen LogP contribution in [0.2, 0.25) is 0 Å². The molecule has 0 radical (unpaired) electrons. The predicted octanol–water partition coefficient (Wildman–Crippen LogP) is 2.14. The van der Waals surface area contributed by atoms with Crippen LogP contribution in [0.15, 0.2) is 18.2 Å². The van der Waals surface area contributed by atoms with Crippen molar-refractivity contribution in [2.75, 3.05) is 6.54 Å². The summed E-state index contributed by atoms with van der Waals surface area (Å²) in [6.45, 7) is 0.435. The van der Waals surface area contributed by atoms with Crippen molar-refractivity contribution < 1.29 is 23.5 Å². The van der Waals surface area contributed by atoms with Gasteiger partial charge in [-0.25, -0.2) is 13.6 Å². The molecule has 1 aliphatic heterocycles. The Balaban J connectivity index is 1.72. The summed E-state index contributed by atoms with van der Waals surface area (Å²) in [5.41, 5.74) is 0.334. The second kappa shape index (κ2) is 5.09. The van der Waals surface area contributed by atoms with Gasteiger partial charge < -0.3 is 10.0 Å². The van der Waals surface area contributed by atoms with E-state index in [0.29, 0.717) is 31.4 Å². The first-order valence-corrected chi connectivity index (χ1v) is 6.97. The van der Waals surface area contributed by atoms with Crippen molar-refractivity contribution >= 4 is 11.9 Å². The number of halogens is 2. The van der Waals surface area contributed by atoms with Crippen LogP contribution in [0.4, 0.5) is 8.78 Å². The van der Waals surface area contributed by atoms with Gasteiger partial charge in [0.2, 0.25) is 5.91 Å². The van der Waals surface area contributed by atoms with Crippen LogP contribution in [0.3, 0.4) is 0 Å². The second-order valence-corrected chi connectivity index (χ2v) is 5.64. The first-order valence-electron chi connectivity index (χ1n) is 6.97. The predicted molar refractivity (Wildman–Crippen MR) is 69.6 cm³/mol. The summed E-state index contributed by atoms with van der Waals surface area (Å²) in [7, 11) is 0. The number of likely N-dealkylation sites (tertiary alicyclic amines) is 1. The quantitative estimate of drug-likeness (QED) is 0.929. The summed E-state index contributed by atoms with van der Waals surface area (Å²) >= 11 is 0. The van der Waals surface area contributed by atoms with Crippen LogP contribution in [0.5, 0.6) is 0 Å². The molecule has 1 aliphatic carbocycles. The minimum Gasteiger partial charge on any atom is -0.480 e. The van der Waals surface area contributed by atoms with E-state index in [9.17, 15) is 18.4 Å². The van der Waals surface area contributed by atoms with Crippen LogP contribution in [0, 0.1) is 17.6 Å². The Labute approximate surface area is 120 Å². The van der Waals surface area contributed by atoms with Gasteiger partial charge in [0, 0.05) is 18.5 Å². The van der Waals surface area contributed by atoms with Gasteiger partial charge in [-0.15, -0.1) is 0 Å². The van der Waals surface area contributed by atoms with Gasteiger partial charge in [-0.3, -0.25) is 4.79 Å². The van der Waals surface area contributed by atoms with Crippen molar-refractivity contribution in [3.8, 4) is 0 Å². The molecular formula is C15H15F2NO3. The van der Waals surface area contributed by atoms with Gasteiger partial charge in [0.1, 0.15) is 17.7 Å². The maximum atomic E-state index is 13.7. The zero-order valence-electron chi connectivity index (χ0n) is 11.3. The van der Waals surface area contributed by atoms with Crippen molar-refractivity contribution in [2.45, 2.75) is 31.2 Å². The maximum absolute atomic E-state index is 13.7. The Hall–Kier alpha value is -1.98. The number of hydrogen-bond donors (Lipinski definition) is 1. The number of carboxylic acid groups (broad SMARTS) is 1. The first kappa shape index (κ1) is 14.0. The molecule has 1 aromatic rings. The molecule has 1 amide bonds. The molecule has 1 aromatic carbocycles. The first-order chi connectivity index (χ1) is 9.99. The summed E-state index contributed by atoms with van der Waals surface area (Å²) < 4.78 is 26.6. The number of carbonyl (C=O) groups is 2. The van der Waals surface area contributed by atoms with Crippen LogP contribution >= 0.6 is 0 Å². The minimum atomic E-state index is -0.994. The van der Waals surface area contributed by atoms with E-state index in [1.165, 1.54) is 17.0 Å². The van der Waals surface area contributed by atoms with E-state index in [4.69, 9.17) is 5.11 Å². The fourth-order valence-electron chi connectivity index (χ4n) is 3.11. The molecule has 2 unspecified atom stereocenters. The average Bonchev–Trinajstić information content (AvgIpc) is 3.04. The second-order valence-electron chi connectivity index (χ2n) is 5.64. The fourth-order valence-corrected chi connectivity index (χ4v) is 3.11. The molecule has 4 nitrogen and oxygen atoms in total. The van der Waals surface area contributed by atoms with Gasteiger partial charge in [-0.05, 0) is 36.8 Å². The number of carbonyl (C=O) groups excluding carboxylic acids is 1. The molecule has 1 saturated carbocycles. The number of nitrogens with zero attached hydrogens (tertiary/aromatic N) is 1. The van der Waals surface area contributed by atoms with Gasteiger partial charge >= 0.3 is 5.97 Å². The Bertz CT molecular complexity index is 605. The zero-order chi connectivity index (χ0) is 15.1. The van der Waals surface area contributed by atoms with Crippen LogP contribution in [0.1, 0.15) is 30.7 Å². The molecule has 1 N–H and O–H groups in total. The van der Waals surface area contributed by atoms with Crippen molar-refractivity contribution in [2.24, 2.45) is 5.92 Å². The molecule has 2 aliphatic rings. The molecular weight excluding hydrogens is 280 g/mol. The van der Waals surface area contributed by atoms with E-state index < -0.39 is 23.6 Å². The third-order valence-corrected chi connectivity index (χ3v) is 4.29. The van der Waals surface area contributed by atoms with Crippen LogP contribution in [0.25, 0.3) is 0 Å². The Morgan fingerprint density at radius 3 is 2.71 bits per heavy atom. The number of aliphatic carboxylic acids is 1. The Morgan fingerprint density at radius 2 is 2.05 bits per heavy atom. The molecule has 21 heavy (non-hydrogen) atoms. The topological polar surface area (TPSA) is 57.6 Å². The summed E-state index contributed by atoms with van der Waals surface area (Å²) in [6, 6.07) is 2.58. The third-order valence-electron chi connectivity index (χ3n) is 4.29. The fraction of sp³-hybridized carbons (Fsp3) is 0.467. The maximum Gasteiger partial charge on any atom is 0.326 e. The molecule has 0 spiro atoms. The van der Waals surface area contributed by atoms with Crippen molar-refractivity contribution in [3.05, 3.63) is 35.4 Å². The highest BCUT2D eigenvalue weighted by molar-refractivity contribution is 5.88. The van der Waals surface area contributed by atoms with Gasteiger partial charge in [-0.1, -0.05) is 6.07 Å². The molecule has 1 heterocycles. The van der Waals surface area contributed by atoms with Crippen LogP contribution < -0.4 is 0 Å². The smallest absolute Gasteiger partial charge is 0.326 e. The van der Waals surface area contributed by atoms with Gasteiger partial charge in [-0.2, -0.15) is 0 Å². The molecule has 3 atom stereocenters. The normalized spacial score (nSPS) is 27.7. The number of hydrogen-bond acceptors (Lipinski definition) is 2. The van der Waals surface area contributed by atoms with Gasteiger partial charge in [0.05, 0.1) is 0 Å². The number of amides is 1. The molecule has 0 aromatic heterocycles. The Kier molecular flexibility index (Phi) is 3.39. The van der Waals surface area contributed by atoms with E-state index >= 15 is 0 Å². The van der Waals surface area contributed by atoms with E-state index in [1.54, 1.807) is 0 Å². The van der Waals surface area contributed by atoms with E-state index in [-0.39, 0.29) is 17.7 Å². The molecule has 6 heteroatoms. The number of carboxylic acids is 1. The minimum absolute atomic E-state index is 0.228. The van der Waals surface area contributed by atoms with E-state index in [0.717, 1.165) is 6.07 Å². The zero-order valence-corrected chi connectivity index (χ0v) is 11.3. The highest BCUT2D eigenvalue weighted by Gasteiger charge is 2.49. The largest absolute Gasteiger partial charge is 0.480 e. The highest BCUT2D eigenvalue weighted by atomic mass is 19.1. The van der Waals surface area contributed by atoms with E-state index in [2.05, 4.69) is 0 Å². The van der Waals surface area contributed by atoms with Crippen LogP contribution in [-0.2, 0) is 9.59 Å². The summed E-state index contributed by atoms with van der Waals surface area (Å²) in [5, 5.41) is 9.10. The molecule has 112 valence electrons. The number of benzene rings is 1. The van der Waals surface area contributed by atoms with E-state index in [1.807, 2.05) is 0 Å². The summed E-state index contributed by atoms with van der Waals surface area (Å²) in [6.07, 6.45) is 1.62. The SMILES string of the molecule is O=C(O)[C@@H]1CCCN1C(=O)C1CC1c1ccc(F)cc1F. The lowest BCUT2D eigenvalue weighted by Gasteiger charge is -2.21. The summed E-state index contributed by atoms with van der Waals surface area (Å²) in [4.78, 5) is 24.8. The monoisotopic (exact) mass is 295 g/mol. The lowest BCUT2D eigenvalue weighted by atomic mass is 10.1. The molecule has 0 bridgehead atoms. The number of rotatable bonds is 3. The van der Waals surface area contributed by atoms with Crippen LogP contribution in [-0.4, -0.2) is 34.5 Å². The summed E-state index contributed by atoms with van der Waals surface area (Å²) in [5.74, 6) is -3.17. The highest BCUT2D eigenvalue weighted by Crippen LogP contribution is 2.49. The average molecular weight is 295 g/mol. The standard InChI is InChI=1S/C15H15F2NO3/c16-8-3-4-9(12(17)6-8)10-7-11(10)14(19)18-5-1-2-13(18)15(20)21/h3-4,6,10-11,13H,1-2,5,7H2,(H,20,21)/t10?,11?,13-/m0/s1. The Morgan fingerprint density at radius 1 is 1.29 bits per heavy atom.